The number of carbonyl (C=O) groups is 1. The fourth-order valence-electron chi connectivity index (χ4n) is 3.29. The third-order valence-electron chi connectivity index (χ3n) is 4.88. The number of esters is 1. The molecule has 0 atom stereocenters. The third kappa shape index (κ3) is 5.88. The largest absolute Gasteiger partial charge is 0.465 e. The molecule has 0 radical (unpaired) electrons. The number of anilines is 2. The van der Waals surface area contributed by atoms with E-state index in [1.54, 1.807) is 29.1 Å². The molecule has 2 heterocycles. The zero-order valence-corrected chi connectivity index (χ0v) is 21.3. The van der Waals surface area contributed by atoms with E-state index < -0.39 is 5.97 Å². The number of thiophene rings is 1. The number of nitrogens with zero attached hydrogens (tertiary/aromatic N) is 2. The maximum atomic E-state index is 14.0. The summed E-state index contributed by atoms with van der Waals surface area (Å²) < 4.78 is 21.2. The Hall–Kier alpha value is -3.08. The van der Waals surface area contributed by atoms with E-state index in [9.17, 15) is 9.18 Å². The molecule has 0 saturated heterocycles. The lowest BCUT2D eigenvalue weighted by Crippen LogP contribution is -2.20. The molecule has 0 aliphatic rings. The molecule has 0 bridgehead atoms. The monoisotopic (exact) mass is 558 g/mol. The molecule has 0 spiro atoms. The first-order valence-corrected chi connectivity index (χ1v) is 12.2. The second-order valence-electron chi connectivity index (χ2n) is 7.30. The Morgan fingerprint density at radius 1 is 1.18 bits per heavy atom. The third-order valence-corrected chi connectivity index (χ3v) is 6.71. The average Bonchev–Trinajstić information content (AvgIpc) is 3.37. The maximum Gasteiger partial charge on any atom is 0.340 e. The number of hydrogen-bond acceptors (Lipinski definition) is 5. The van der Waals surface area contributed by atoms with Gasteiger partial charge in [-0.2, -0.15) is 5.10 Å². The summed E-state index contributed by atoms with van der Waals surface area (Å²) in [6.45, 7) is 0.271. The Morgan fingerprint density at radius 3 is 2.65 bits per heavy atom. The molecule has 4 aromatic rings. The second-order valence-corrected chi connectivity index (χ2v) is 9.70. The zero-order chi connectivity index (χ0) is 24.1. The van der Waals surface area contributed by atoms with Crippen molar-refractivity contribution in [1.29, 1.82) is 0 Å². The van der Waals surface area contributed by atoms with Crippen LogP contribution in [0.25, 0.3) is 0 Å². The molecule has 4 rings (SSSR count). The molecule has 10 heteroatoms. The molecule has 0 amide bonds. The van der Waals surface area contributed by atoms with Crippen molar-refractivity contribution in [1.82, 2.24) is 9.78 Å². The minimum Gasteiger partial charge on any atom is -0.465 e. The number of ether oxygens (including phenoxy) is 1. The Labute approximate surface area is 213 Å². The van der Waals surface area contributed by atoms with E-state index in [-0.39, 0.29) is 17.5 Å². The van der Waals surface area contributed by atoms with Gasteiger partial charge in [-0.1, -0.05) is 48.5 Å². The van der Waals surface area contributed by atoms with Crippen LogP contribution in [0, 0.1) is 5.82 Å². The van der Waals surface area contributed by atoms with Gasteiger partial charge < -0.3 is 15.4 Å². The van der Waals surface area contributed by atoms with Crippen LogP contribution in [0.4, 0.5) is 15.2 Å². The topological polar surface area (TPSA) is 68.2 Å². The molecule has 174 valence electrons. The van der Waals surface area contributed by atoms with Crippen molar-refractivity contribution < 1.29 is 13.9 Å². The molecule has 2 aromatic carbocycles. The first-order chi connectivity index (χ1) is 16.4. The van der Waals surface area contributed by atoms with Gasteiger partial charge in [0.05, 0.1) is 23.7 Å². The van der Waals surface area contributed by atoms with Gasteiger partial charge in [0.1, 0.15) is 10.8 Å². The van der Waals surface area contributed by atoms with Crippen LogP contribution in [0.15, 0.2) is 71.3 Å². The molecule has 2 aromatic heterocycles. The molecule has 0 aliphatic carbocycles. The van der Waals surface area contributed by atoms with Crippen LogP contribution in [0.5, 0.6) is 0 Å². The smallest absolute Gasteiger partial charge is 0.340 e. The number of thiocarbonyl (C=S) groups is 1. The Bertz CT molecular complexity index is 1320. The summed E-state index contributed by atoms with van der Waals surface area (Å²) in [5, 5.41) is 11.4. The summed E-state index contributed by atoms with van der Waals surface area (Å²) in [6.07, 6.45) is 2.42. The van der Waals surface area contributed by atoms with Crippen molar-refractivity contribution >= 4 is 61.4 Å². The van der Waals surface area contributed by atoms with Gasteiger partial charge in [0.25, 0.3) is 0 Å². The van der Waals surface area contributed by atoms with Crippen LogP contribution >= 0.6 is 39.5 Å². The molecule has 2 N–H and O–H groups in total. The number of methoxy groups -OCH3 is 1. The highest BCUT2D eigenvalue weighted by atomic mass is 79.9. The van der Waals surface area contributed by atoms with Gasteiger partial charge in [-0.3, -0.25) is 4.68 Å². The quantitative estimate of drug-likeness (QED) is 0.211. The lowest BCUT2D eigenvalue weighted by atomic mass is 10.1. The summed E-state index contributed by atoms with van der Waals surface area (Å²) >= 11 is 10.3. The molecule has 0 fully saturated rings. The average molecular weight is 559 g/mol. The highest BCUT2D eigenvalue weighted by Gasteiger charge is 2.19. The van der Waals surface area contributed by atoms with Gasteiger partial charge in [-0.05, 0) is 45.8 Å². The fraction of sp³-hybridized carbons (Fsp3) is 0.125. The number of rotatable bonds is 7. The first kappa shape index (κ1) is 24.1. The zero-order valence-electron chi connectivity index (χ0n) is 18.0. The number of halogens is 2. The van der Waals surface area contributed by atoms with E-state index in [0.29, 0.717) is 32.8 Å². The van der Waals surface area contributed by atoms with Crippen molar-refractivity contribution in [2.45, 2.75) is 13.0 Å². The SMILES string of the molecule is COC(=O)c1cc(Cc2ccccc2)sc1NC(=S)Nc1nn(Cc2ccccc2F)cc1Br. The van der Waals surface area contributed by atoms with Gasteiger partial charge in [0.15, 0.2) is 10.9 Å². The van der Waals surface area contributed by atoms with E-state index in [1.807, 2.05) is 36.4 Å². The van der Waals surface area contributed by atoms with Crippen LogP contribution < -0.4 is 10.6 Å². The first-order valence-electron chi connectivity index (χ1n) is 10.2. The van der Waals surface area contributed by atoms with Crippen molar-refractivity contribution in [2.24, 2.45) is 0 Å². The predicted octanol–water partition coefficient (Wildman–Crippen LogP) is 6.08. The summed E-state index contributed by atoms with van der Waals surface area (Å²) in [7, 11) is 1.34. The Kier molecular flexibility index (Phi) is 7.71. The van der Waals surface area contributed by atoms with E-state index in [4.69, 9.17) is 17.0 Å². The Balaban J connectivity index is 1.47. The maximum absolute atomic E-state index is 14.0. The highest BCUT2D eigenvalue weighted by Crippen LogP contribution is 2.31. The summed E-state index contributed by atoms with van der Waals surface area (Å²) in [4.78, 5) is 13.3. The van der Waals surface area contributed by atoms with E-state index in [0.717, 1.165) is 10.4 Å². The number of hydrogen-bond donors (Lipinski definition) is 2. The molecular formula is C24H20BrFN4O2S2. The van der Waals surface area contributed by atoms with Crippen molar-refractivity contribution in [3.8, 4) is 0 Å². The van der Waals surface area contributed by atoms with Crippen LogP contribution in [-0.2, 0) is 17.7 Å². The molecule has 6 nitrogen and oxygen atoms in total. The number of aromatic nitrogens is 2. The van der Waals surface area contributed by atoms with Gasteiger partial charge in [-0.15, -0.1) is 11.3 Å². The van der Waals surface area contributed by atoms with Crippen molar-refractivity contribution in [3.63, 3.8) is 0 Å². The van der Waals surface area contributed by atoms with E-state index in [2.05, 4.69) is 31.7 Å². The van der Waals surface area contributed by atoms with Gasteiger partial charge in [-0.25, -0.2) is 9.18 Å². The van der Waals surface area contributed by atoms with E-state index >= 15 is 0 Å². The predicted molar refractivity (Wildman–Crippen MR) is 140 cm³/mol. The molecule has 0 unspecified atom stereocenters. The minimum atomic E-state index is -0.448. The van der Waals surface area contributed by atoms with Gasteiger partial charge in [0, 0.05) is 23.1 Å². The molecule has 0 saturated carbocycles. The normalized spacial score (nSPS) is 10.7. The lowest BCUT2D eigenvalue weighted by molar-refractivity contribution is 0.0602. The van der Waals surface area contributed by atoms with Crippen LogP contribution in [0.1, 0.15) is 26.4 Å². The second kappa shape index (κ2) is 10.9. The van der Waals surface area contributed by atoms with Crippen molar-refractivity contribution in [3.05, 3.63) is 98.7 Å². The molecule has 0 aliphatic heterocycles. The van der Waals surface area contributed by atoms with Crippen LogP contribution in [0.3, 0.4) is 0 Å². The highest BCUT2D eigenvalue weighted by molar-refractivity contribution is 9.10. The van der Waals surface area contributed by atoms with Gasteiger partial charge in [0.2, 0.25) is 0 Å². The number of carbonyl (C=O) groups excluding carboxylic acids is 1. The molecular weight excluding hydrogens is 539 g/mol. The standard InChI is InChI=1S/C24H20BrFN4O2S2/c1-32-23(31)18-12-17(11-15-7-3-2-4-8-15)34-22(18)28-24(33)27-21-19(25)14-30(29-21)13-16-9-5-6-10-20(16)26/h2-10,12,14H,11,13H2,1H3,(H2,27,28,29,33). The minimum absolute atomic E-state index is 0.259. The van der Waals surface area contributed by atoms with Crippen molar-refractivity contribution in [2.75, 3.05) is 17.7 Å². The van der Waals surface area contributed by atoms with Crippen LogP contribution in [0.2, 0.25) is 0 Å². The Morgan fingerprint density at radius 2 is 1.91 bits per heavy atom. The van der Waals surface area contributed by atoms with Gasteiger partial charge >= 0.3 is 5.97 Å². The van der Waals surface area contributed by atoms with E-state index in [1.165, 1.54) is 24.5 Å². The number of benzene rings is 2. The molecule has 34 heavy (non-hydrogen) atoms. The number of nitrogens with one attached hydrogen (secondary N) is 2. The lowest BCUT2D eigenvalue weighted by Gasteiger charge is -2.09. The summed E-state index contributed by atoms with van der Waals surface area (Å²) in [5.41, 5.74) is 2.07. The fourth-order valence-corrected chi connectivity index (χ4v) is 5.05. The summed E-state index contributed by atoms with van der Waals surface area (Å²) in [6, 6.07) is 18.3. The summed E-state index contributed by atoms with van der Waals surface area (Å²) in [5.74, 6) is -0.272. The van der Waals surface area contributed by atoms with Crippen LogP contribution in [-0.4, -0.2) is 28.0 Å².